The Hall–Kier alpha value is -1.61. The molecule has 1 aliphatic heterocycles. The van der Waals surface area contributed by atoms with Gasteiger partial charge in [0.15, 0.2) is 0 Å². The molecule has 100 valence electrons. The van der Waals surface area contributed by atoms with Crippen LogP contribution in [0.15, 0.2) is 43.0 Å². The van der Waals surface area contributed by atoms with Crippen molar-refractivity contribution in [3.8, 4) is 5.69 Å². The third kappa shape index (κ3) is 3.04. The normalized spacial score (nSPS) is 20.6. The van der Waals surface area contributed by atoms with Crippen molar-refractivity contribution in [3.05, 3.63) is 48.5 Å². The molecule has 0 spiro atoms. The molecule has 0 amide bonds. The van der Waals surface area contributed by atoms with Crippen LogP contribution in [-0.4, -0.2) is 27.5 Å². The molecule has 1 aromatic carbocycles. The number of aromatic nitrogens is 2. The maximum absolute atomic E-state index is 4.08. The monoisotopic (exact) mass is 255 g/mol. The van der Waals surface area contributed by atoms with E-state index in [1.807, 2.05) is 23.3 Å². The van der Waals surface area contributed by atoms with Crippen molar-refractivity contribution in [3.63, 3.8) is 0 Å². The quantitative estimate of drug-likeness (QED) is 0.840. The maximum Gasteiger partial charge on any atom is 0.0991 e. The maximum atomic E-state index is 4.08. The van der Waals surface area contributed by atoms with Gasteiger partial charge in [-0.15, -0.1) is 0 Å². The van der Waals surface area contributed by atoms with Crippen LogP contribution in [0.1, 0.15) is 25.3 Å². The average molecular weight is 255 g/mol. The zero-order valence-corrected chi connectivity index (χ0v) is 11.5. The first kappa shape index (κ1) is 12.4. The van der Waals surface area contributed by atoms with Gasteiger partial charge in [-0.05, 0) is 43.0 Å². The highest BCUT2D eigenvalue weighted by atomic mass is 15.1. The van der Waals surface area contributed by atoms with Crippen LogP contribution in [0.4, 0.5) is 0 Å². The van der Waals surface area contributed by atoms with E-state index in [9.17, 15) is 0 Å². The Balaban J connectivity index is 1.66. The summed E-state index contributed by atoms with van der Waals surface area (Å²) in [4.78, 5) is 6.65. The van der Waals surface area contributed by atoms with Crippen molar-refractivity contribution >= 4 is 0 Å². The minimum Gasteiger partial charge on any atom is -0.306 e. The Labute approximate surface area is 114 Å². The van der Waals surface area contributed by atoms with E-state index in [0.29, 0.717) is 0 Å². The Kier molecular flexibility index (Phi) is 3.65. The number of imidazole rings is 1. The second-order valence-electron chi connectivity index (χ2n) is 5.62. The number of piperidine rings is 1. The molecule has 1 atom stereocenters. The van der Waals surface area contributed by atoms with Crippen LogP contribution >= 0.6 is 0 Å². The lowest BCUT2D eigenvalue weighted by Crippen LogP contribution is -2.33. The fourth-order valence-electron chi connectivity index (χ4n) is 2.87. The molecule has 19 heavy (non-hydrogen) atoms. The first-order chi connectivity index (χ1) is 9.31. The van der Waals surface area contributed by atoms with E-state index in [-0.39, 0.29) is 0 Å². The van der Waals surface area contributed by atoms with Gasteiger partial charge in [-0.25, -0.2) is 4.98 Å². The van der Waals surface area contributed by atoms with Crippen molar-refractivity contribution in [2.75, 3.05) is 13.1 Å². The van der Waals surface area contributed by atoms with Gasteiger partial charge in [-0.1, -0.05) is 19.1 Å². The standard InChI is InChI=1S/C16H21N3/c1-14-3-2-9-18(11-14)12-15-4-6-16(7-5-15)19-10-8-17-13-19/h4-8,10,13-14H,2-3,9,11-12H2,1H3. The number of hydrogen-bond acceptors (Lipinski definition) is 2. The van der Waals surface area contributed by atoms with Gasteiger partial charge >= 0.3 is 0 Å². The van der Waals surface area contributed by atoms with Crippen molar-refractivity contribution < 1.29 is 0 Å². The third-order valence-corrected chi connectivity index (χ3v) is 3.89. The fourth-order valence-corrected chi connectivity index (χ4v) is 2.87. The smallest absolute Gasteiger partial charge is 0.0991 e. The predicted molar refractivity (Wildman–Crippen MR) is 77.2 cm³/mol. The summed E-state index contributed by atoms with van der Waals surface area (Å²) in [6.45, 7) is 5.92. The number of rotatable bonds is 3. The highest BCUT2D eigenvalue weighted by Gasteiger charge is 2.15. The molecule has 0 N–H and O–H groups in total. The lowest BCUT2D eigenvalue weighted by molar-refractivity contribution is 0.176. The molecule has 1 unspecified atom stereocenters. The molecule has 1 aliphatic rings. The van der Waals surface area contributed by atoms with Gasteiger partial charge in [0.05, 0.1) is 6.33 Å². The first-order valence-electron chi connectivity index (χ1n) is 7.11. The van der Waals surface area contributed by atoms with Crippen LogP contribution in [0.25, 0.3) is 5.69 Å². The molecule has 2 aromatic rings. The van der Waals surface area contributed by atoms with E-state index in [0.717, 1.165) is 12.5 Å². The first-order valence-corrected chi connectivity index (χ1v) is 7.11. The molecular formula is C16H21N3. The molecule has 1 fully saturated rings. The Bertz CT molecular complexity index is 501. The van der Waals surface area contributed by atoms with Crippen LogP contribution in [0, 0.1) is 5.92 Å². The van der Waals surface area contributed by atoms with Gasteiger partial charge in [0.25, 0.3) is 0 Å². The van der Waals surface area contributed by atoms with Gasteiger partial charge in [0.2, 0.25) is 0 Å². The SMILES string of the molecule is CC1CCCN(Cc2ccc(-n3ccnc3)cc2)C1. The van der Waals surface area contributed by atoms with Crippen molar-refractivity contribution in [1.29, 1.82) is 0 Å². The van der Waals surface area contributed by atoms with E-state index in [1.54, 1.807) is 0 Å². The fraction of sp³-hybridized carbons (Fsp3) is 0.438. The van der Waals surface area contributed by atoms with Crippen LogP contribution in [-0.2, 0) is 6.54 Å². The minimum atomic E-state index is 0.846. The molecule has 1 aromatic heterocycles. The average Bonchev–Trinajstić information content (AvgIpc) is 2.94. The molecule has 0 radical (unpaired) electrons. The van der Waals surface area contributed by atoms with Gasteiger partial charge in [0.1, 0.15) is 0 Å². The predicted octanol–water partition coefficient (Wildman–Crippen LogP) is 3.10. The lowest BCUT2D eigenvalue weighted by Gasteiger charge is -2.30. The second kappa shape index (κ2) is 5.57. The summed E-state index contributed by atoms with van der Waals surface area (Å²) in [6, 6.07) is 8.80. The van der Waals surface area contributed by atoms with Crippen LogP contribution < -0.4 is 0 Å². The van der Waals surface area contributed by atoms with E-state index in [2.05, 4.69) is 41.1 Å². The molecule has 3 rings (SSSR count). The van der Waals surface area contributed by atoms with Gasteiger partial charge in [-0.2, -0.15) is 0 Å². The highest BCUT2D eigenvalue weighted by Crippen LogP contribution is 2.18. The van der Waals surface area contributed by atoms with E-state index < -0.39 is 0 Å². The van der Waals surface area contributed by atoms with Crippen molar-refractivity contribution in [2.45, 2.75) is 26.3 Å². The largest absolute Gasteiger partial charge is 0.306 e. The zero-order chi connectivity index (χ0) is 13.1. The Morgan fingerprint density at radius 1 is 1.26 bits per heavy atom. The van der Waals surface area contributed by atoms with Crippen LogP contribution in [0.5, 0.6) is 0 Å². The summed E-state index contributed by atoms with van der Waals surface area (Å²) in [5.74, 6) is 0.846. The van der Waals surface area contributed by atoms with Crippen molar-refractivity contribution in [2.24, 2.45) is 5.92 Å². The lowest BCUT2D eigenvalue weighted by atomic mass is 10.00. The molecule has 0 bridgehead atoms. The van der Waals surface area contributed by atoms with E-state index in [4.69, 9.17) is 0 Å². The number of benzene rings is 1. The number of likely N-dealkylation sites (tertiary alicyclic amines) is 1. The Morgan fingerprint density at radius 3 is 2.79 bits per heavy atom. The highest BCUT2D eigenvalue weighted by molar-refractivity contribution is 5.34. The second-order valence-corrected chi connectivity index (χ2v) is 5.62. The summed E-state index contributed by atoms with van der Waals surface area (Å²) in [5.41, 5.74) is 2.58. The third-order valence-electron chi connectivity index (χ3n) is 3.89. The molecule has 0 saturated carbocycles. The summed E-state index contributed by atoms with van der Waals surface area (Å²) >= 11 is 0. The molecule has 0 aliphatic carbocycles. The molecule has 2 heterocycles. The summed E-state index contributed by atoms with van der Waals surface area (Å²) in [7, 11) is 0. The van der Waals surface area contributed by atoms with Crippen LogP contribution in [0.2, 0.25) is 0 Å². The Morgan fingerprint density at radius 2 is 2.11 bits per heavy atom. The van der Waals surface area contributed by atoms with Gasteiger partial charge in [0, 0.05) is 31.2 Å². The van der Waals surface area contributed by atoms with Gasteiger partial charge < -0.3 is 4.57 Å². The topological polar surface area (TPSA) is 21.1 Å². The number of nitrogens with zero attached hydrogens (tertiary/aromatic N) is 3. The molecule has 3 nitrogen and oxygen atoms in total. The zero-order valence-electron chi connectivity index (χ0n) is 11.5. The van der Waals surface area contributed by atoms with Crippen LogP contribution in [0.3, 0.4) is 0 Å². The summed E-state index contributed by atoms with van der Waals surface area (Å²) < 4.78 is 2.03. The minimum absolute atomic E-state index is 0.846. The molecule has 3 heteroatoms. The van der Waals surface area contributed by atoms with Gasteiger partial charge in [-0.3, -0.25) is 4.90 Å². The molecular weight excluding hydrogens is 234 g/mol. The number of hydrogen-bond donors (Lipinski definition) is 0. The van der Waals surface area contributed by atoms with E-state index >= 15 is 0 Å². The summed E-state index contributed by atoms with van der Waals surface area (Å²) in [5, 5.41) is 0. The van der Waals surface area contributed by atoms with Crippen molar-refractivity contribution in [1.82, 2.24) is 14.5 Å². The molecule has 1 saturated heterocycles. The van der Waals surface area contributed by atoms with E-state index in [1.165, 1.54) is 37.2 Å². The summed E-state index contributed by atoms with van der Waals surface area (Å²) in [6.07, 6.45) is 8.34.